The largest absolute Gasteiger partial charge is 0.489 e. The zero-order chi connectivity index (χ0) is 45.6. The number of hydrogen-bond donors (Lipinski definition) is 1. The van der Waals surface area contributed by atoms with Crippen molar-refractivity contribution in [3.8, 4) is 28.5 Å². The van der Waals surface area contributed by atoms with Gasteiger partial charge in [-0.05, 0) is 103 Å². The van der Waals surface area contributed by atoms with Gasteiger partial charge in [0.1, 0.15) is 12.4 Å². The summed E-state index contributed by atoms with van der Waals surface area (Å²) in [7, 11) is 0. The summed E-state index contributed by atoms with van der Waals surface area (Å²) in [6, 6.07) is 38.6. The Morgan fingerprint density at radius 1 is 0.758 bits per heavy atom. The fourth-order valence-electron chi connectivity index (χ4n) is 9.49. The Balaban J connectivity index is 0.00000270. The van der Waals surface area contributed by atoms with Crippen molar-refractivity contribution in [2.45, 2.75) is 71.8 Å². The minimum atomic E-state index is -0.516. The van der Waals surface area contributed by atoms with E-state index in [0.29, 0.717) is 84.5 Å². The molecular weight excluding hydrogens is 831 g/mol. The summed E-state index contributed by atoms with van der Waals surface area (Å²) in [5.74, 6) is 0.990. The van der Waals surface area contributed by atoms with Crippen LogP contribution in [0.3, 0.4) is 0 Å². The van der Waals surface area contributed by atoms with Crippen LogP contribution in [0.5, 0.6) is 17.2 Å². The predicted octanol–water partition coefficient (Wildman–Crippen LogP) is 8.67. The van der Waals surface area contributed by atoms with Crippen molar-refractivity contribution in [3.05, 3.63) is 166 Å². The molecule has 1 atom stereocenters. The van der Waals surface area contributed by atoms with Crippen LogP contribution >= 0.6 is 0 Å². The van der Waals surface area contributed by atoms with Crippen molar-refractivity contribution in [1.82, 2.24) is 14.4 Å². The summed E-state index contributed by atoms with van der Waals surface area (Å²) in [6.07, 6.45) is 3.31. The Labute approximate surface area is 386 Å². The highest BCUT2D eigenvalue weighted by atomic mass is 16.7. The minimum absolute atomic E-state index is 0.0575. The highest BCUT2D eigenvalue weighted by molar-refractivity contribution is 6.09. The van der Waals surface area contributed by atoms with Gasteiger partial charge in [-0.25, -0.2) is 0 Å². The van der Waals surface area contributed by atoms with Gasteiger partial charge < -0.3 is 39.0 Å². The molecule has 1 aromatic heterocycles. The number of benzene rings is 5. The summed E-state index contributed by atoms with van der Waals surface area (Å²) in [5, 5.41) is 0. The quantitative estimate of drug-likeness (QED) is 0.129. The average Bonchev–Trinajstić information content (AvgIpc) is 4.00. The molecule has 0 aliphatic carbocycles. The van der Waals surface area contributed by atoms with Gasteiger partial charge in [-0.3, -0.25) is 19.3 Å². The number of morpholine rings is 1. The van der Waals surface area contributed by atoms with Crippen LogP contribution in [0.1, 0.15) is 85.7 Å². The first-order valence-corrected chi connectivity index (χ1v) is 23.2. The van der Waals surface area contributed by atoms with E-state index >= 15 is 9.59 Å². The third-order valence-electron chi connectivity index (χ3n) is 12.9. The second-order valence-corrected chi connectivity index (χ2v) is 16.9. The molecule has 4 aliphatic rings. The minimum Gasteiger partial charge on any atom is -0.489 e. The summed E-state index contributed by atoms with van der Waals surface area (Å²) in [5.41, 5.74) is 14.4. The smallest absolute Gasteiger partial charge is 0.260 e. The van der Waals surface area contributed by atoms with Crippen LogP contribution in [-0.2, 0) is 43.8 Å². The van der Waals surface area contributed by atoms with Crippen molar-refractivity contribution in [2.24, 2.45) is 5.73 Å². The highest BCUT2D eigenvalue weighted by Crippen LogP contribution is 2.42. The molecule has 66 heavy (non-hydrogen) atoms. The molecule has 2 N–H and O–H groups in total. The van der Waals surface area contributed by atoms with E-state index in [1.807, 2.05) is 110 Å². The lowest BCUT2D eigenvalue weighted by Gasteiger charge is -2.40. The van der Waals surface area contributed by atoms with Gasteiger partial charge in [0.05, 0.1) is 30.9 Å². The van der Waals surface area contributed by atoms with E-state index in [2.05, 4.69) is 27.7 Å². The fourth-order valence-corrected chi connectivity index (χ4v) is 9.49. The number of nitrogens with two attached hydrogens (primary N) is 1. The molecule has 0 bridgehead atoms. The van der Waals surface area contributed by atoms with Gasteiger partial charge in [0.2, 0.25) is 12.7 Å². The second-order valence-electron chi connectivity index (χ2n) is 16.9. The van der Waals surface area contributed by atoms with E-state index in [4.69, 9.17) is 24.7 Å². The number of primary amides is 1. The number of carbonyl (C=O) groups is 3. The molecule has 1 fully saturated rings. The number of anilines is 1. The van der Waals surface area contributed by atoms with E-state index in [9.17, 15) is 4.79 Å². The number of aromatic nitrogens is 1. The molecule has 4 aliphatic heterocycles. The summed E-state index contributed by atoms with van der Waals surface area (Å²) in [6.45, 7) is 9.63. The van der Waals surface area contributed by atoms with Crippen LogP contribution in [-0.4, -0.2) is 77.8 Å². The molecule has 12 heteroatoms. The SMILES string of the molecule is CC.NC(=O)c1ccc(CN(C(=O)c2cc(-c3cc4c(cc3C(=O)N3Cc5ccccc5C[C@H]3CN3CCOCC3)OCO4)n3c2CCCC3)c2ccc(OCc3ccccc3)cc2)cc1. The maximum absolute atomic E-state index is 15.3. The molecule has 5 aromatic carbocycles. The van der Waals surface area contributed by atoms with Gasteiger partial charge in [0, 0.05) is 67.0 Å². The number of amides is 3. The van der Waals surface area contributed by atoms with Crippen molar-refractivity contribution in [1.29, 1.82) is 0 Å². The zero-order valence-electron chi connectivity index (χ0n) is 37.7. The molecule has 6 aromatic rings. The van der Waals surface area contributed by atoms with Crippen LogP contribution in [0.25, 0.3) is 11.3 Å². The molecule has 0 radical (unpaired) electrons. The van der Waals surface area contributed by atoms with E-state index in [1.54, 1.807) is 17.0 Å². The summed E-state index contributed by atoms with van der Waals surface area (Å²) in [4.78, 5) is 48.8. The molecule has 0 unspecified atom stereocenters. The summed E-state index contributed by atoms with van der Waals surface area (Å²) < 4.78 is 25.9. The number of carbonyl (C=O) groups excluding carboxylic acids is 3. The molecule has 10 rings (SSSR count). The Morgan fingerprint density at radius 3 is 2.21 bits per heavy atom. The average molecular weight is 888 g/mol. The zero-order valence-corrected chi connectivity index (χ0v) is 37.7. The first kappa shape index (κ1) is 44.3. The van der Waals surface area contributed by atoms with Gasteiger partial charge in [0.25, 0.3) is 11.8 Å². The molecule has 340 valence electrons. The molecule has 12 nitrogen and oxygen atoms in total. The topological polar surface area (TPSA) is 129 Å². The van der Waals surface area contributed by atoms with Crippen molar-refractivity contribution >= 4 is 23.4 Å². The molecular formula is C54H57N5O7. The first-order valence-electron chi connectivity index (χ1n) is 23.2. The fraction of sp³-hybridized carbons (Fsp3) is 0.315. The van der Waals surface area contributed by atoms with Gasteiger partial charge in [-0.2, -0.15) is 0 Å². The van der Waals surface area contributed by atoms with E-state index < -0.39 is 5.91 Å². The lowest BCUT2D eigenvalue weighted by Crippen LogP contribution is -2.52. The van der Waals surface area contributed by atoms with Crippen LogP contribution in [0.4, 0.5) is 5.69 Å². The monoisotopic (exact) mass is 887 g/mol. The lowest BCUT2D eigenvalue weighted by atomic mass is 9.92. The van der Waals surface area contributed by atoms with Crippen LogP contribution in [0, 0.1) is 0 Å². The van der Waals surface area contributed by atoms with Crippen LogP contribution in [0.2, 0.25) is 0 Å². The van der Waals surface area contributed by atoms with Crippen molar-refractivity contribution in [2.75, 3.05) is 44.5 Å². The van der Waals surface area contributed by atoms with Gasteiger partial charge in [0.15, 0.2) is 11.5 Å². The number of hydrogen-bond acceptors (Lipinski definition) is 8. The van der Waals surface area contributed by atoms with Gasteiger partial charge >= 0.3 is 0 Å². The van der Waals surface area contributed by atoms with E-state index in [1.165, 1.54) is 5.56 Å². The van der Waals surface area contributed by atoms with E-state index in [0.717, 1.165) is 67.0 Å². The van der Waals surface area contributed by atoms with Crippen molar-refractivity contribution < 1.29 is 33.3 Å². The van der Waals surface area contributed by atoms with Crippen LogP contribution in [0.15, 0.2) is 121 Å². The highest BCUT2D eigenvalue weighted by Gasteiger charge is 2.36. The van der Waals surface area contributed by atoms with Crippen LogP contribution < -0.4 is 24.8 Å². The summed E-state index contributed by atoms with van der Waals surface area (Å²) >= 11 is 0. The maximum Gasteiger partial charge on any atom is 0.260 e. The first-order chi connectivity index (χ1) is 32.4. The standard InChI is InChI=1S/C52H51N5O7.C2H6/c53-50(58)37-15-13-35(14-16-37)30-56(40-17-19-42(20-18-40)62-33-36-8-2-1-3-9-36)52(60)45-27-47(55-21-7-6-12-46(45)55)43-28-48-49(64-34-63-48)29-44(43)51(59)57-31-39-11-5-4-10-38(39)26-41(57)32-54-22-24-61-25-23-54;1-2/h1-5,8-11,13-20,27-29,41H,6-7,12,21-26,30-34H2,(H2,53,58);1-2H3/t41-;/m0./s1. The predicted molar refractivity (Wildman–Crippen MR) is 254 cm³/mol. The molecule has 0 spiro atoms. The van der Waals surface area contributed by atoms with Gasteiger partial charge in [-0.15, -0.1) is 0 Å². The molecule has 0 saturated carbocycles. The third kappa shape index (κ3) is 9.43. The maximum atomic E-state index is 15.3. The Hall–Kier alpha value is -6.89. The molecule has 5 heterocycles. The number of ether oxygens (including phenoxy) is 4. The molecule has 3 amide bonds. The lowest BCUT2D eigenvalue weighted by molar-refractivity contribution is 0.0193. The normalized spacial score (nSPS) is 16.3. The third-order valence-corrected chi connectivity index (χ3v) is 12.9. The van der Waals surface area contributed by atoms with Gasteiger partial charge in [-0.1, -0.05) is 80.6 Å². The van der Waals surface area contributed by atoms with Crippen molar-refractivity contribution in [3.63, 3.8) is 0 Å². The number of nitrogens with zero attached hydrogens (tertiary/aromatic N) is 4. The second kappa shape index (κ2) is 20.1. The number of fused-ring (bicyclic) bond motifs is 3. The van der Waals surface area contributed by atoms with E-state index in [-0.39, 0.29) is 31.2 Å². The molecule has 1 saturated heterocycles. The Bertz CT molecular complexity index is 2670. The Kier molecular flexibility index (Phi) is 13.5. The number of rotatable bonds is 12. The Morgan fingerprint density at radius 2 is 1.47 bits per heavy atom.